The van der Waals surface area contributed by atoms with Crippen LogP contribution in [0.1, 0.15) is 24.7 Å². The van der Waals surface area contributed by atoms with Gasteiger partial charge in [-0.05, 0) is 49.6 Å². The Morgan fingerprint density at radius 2 is 2.13 bits per heavy atom. The van der Waals surface area contributed by atoms with Crippen molar-refractivity contribution in [2.45, 2.75) is 32.4 Å². The number of hydrogen-bond acceptors (Lipinski definition) is 4. The van der Waals surface area contributed by atoms with E-state index in [1.165, 1.54) is 23.6 Å². The maximum absolute atomic E-state index is 5.22. The number of H-pyrrole nitrogens is 1. The van der Waals surface area contributed by atoms with Crippen LogP contribution >= 0.6 is 11.8 Å². The lowest BCUT2D eigenvalue weighted by atomic mass is 10.1. The van der Waals surface area contributed by atoms with Crippen molar-refractivity contribution in [2.75, 3.05) is 25.7 Å². The summed E-state index contributed by atoms with van der Waals surface area (Å²) in [5, 5.41) is 0. The van der Waals surface area contributed by atoms with Gasteiger partial charge >= 0.3 is 0 Å². The Kier molecular flexibility index (Phi) is 5.28. The molecule has 1 aromatic heterocycles. The predicted octanol–water partition coefficient (Wildman–Crippen LogP) is 3.59. The first-order valence-corrected chi connectivity index (χ1v) is 9.56. The molecule has 5 heteroatoms. The summed E-state index contributed by atoms with van der Waals surface area (Å²) in [6, 6.07) is 8.70. The third-order valence-corrected chi connectivity index (χ3v) is 5.23. The third-order valence-electron chi connectivity index (χ3n) is 4.59. The fourth-order valence-corrected chi connectivity index (χ4v) is 3.62. The van der Waals surface area contributed by atoms with E-state index in [0.717, 1.165) is 36.6 Å². The van der Waals surface area contributed by atoms with Gasteiger partial charge in [-0.1, -0.05) is 0 Å². The fraction of sp³-hybridized carbons (Fsp3) is 0.500. The smallest absolute Gasteiger partial charge is 0.137 e. The summed E-state index contributed by atoms with van der Waals surface area (Å²) in [4.78, 5) is 10.9. The van der Waals surface area contributed by atoms with Crippen LogP contribution < -0.4 is 4.74 Å². The van der Waals surface area contributed by atoms with Gasteiger partial charge in [0, 0.05) is 31.1 Å². The molecule has 0 saturated heterocycles. The van der Waals surface area contributed by atoms with E-state index in [0.29, 0.717) is 6.04 Å². The molecule has 124 valence electrons. The first kappa shape index (κ1) is 16.4. The summed E-state index contributed by atoms with van der Waals surface area (Å²) >= 11 is 1.93. The van der Waals surface area contributed by atoms with Crippen molar-refractivity contribution in [2.24, 2.45) is 0 Å². The van der Waals surface area contributed by atoms with Crippen molar-refractivity contribution < 1.29 is 4.74 Å². The van der Waals surface area contributed by atoms with Crippen LogP contribution in [0.25, 0.3) is 11.4 Å². The SMILES string of the molecule is COc1ccc(-c2nc3c([nH]2)CN(C(C)CCSC)CC3)cc1. The molecule has 0 radical (unpaired) electrons. The molecule has 2 heterocycles. The van der Waals surface area contributed by atoms with Gasteiger partial charge in [0.05, 0.1) is 18.5 Å². The standard InChI is InChI=1S/C18H25N3OS/c1-13(9-11-23-3)21-10-8-16-17(12-21)20-18(19-16)14-4-6-15(22-2)7-5-14/h4-7,13H,8-12H2,1-3H3,(H,19,20). The van der Waals surface area contributed by atoms with Gasteiger partial charge in [-0.25, -0.2) is 4.98 Å². The number of nitrogens with one attached hydrogen (secondary N) is 1. The number of rotatable bonds is 6. The first-order chi connectivity index (χ1) is 11.2. The number of imidazole rings is 1. The van der Waals surface area contributed by atoms with Gasteiger partial charge in [-0.3, -0.25) is 4.90 Å². The molecule has 0 aliphatic carbocycles. The Hall–Kier alpha value is -1.46. The van der Waals surface area contributed by atoms with E-state index in [4.69, 9.17) is 9.72 Å². The molecule has 0 fully saturated rings. The molecular weight excluding hydrogens is 306 g/mol. The van der Waals surface area contributed by atoms with Crippen LogP contribution in [0.5, 0.6) is 5.75 Å². The van der Waals surface area contributed by atoms with E-state index in [-0.39, 0.29) is 0 Å². The number of nitrogens with zero attached hydrogens (tertiary/aromatic N) is 2. The lowest BCUT2D eigenvalue weighted by molar-refractivity contribution is 0.184. The quantitative estimate of drug-likeness (QED) is 0.878. The molecule has 4 nitrogen and oxygen atoms in total. The molecule has 23 heavy (non-hydrogen) atoms. The van der Waals surface area contributed by atoms with Crippen LogP contribution in [0.4, 0.5) is 0 Å². The number of aromatic amines is 1. The maximum Gasteiger partial charge on any atom is 0.137 e. The Bertz CT molecular complexity index is 638. The molecule has 2 aromatic rings. The monoisotopic (exact) mass is 331 g/mol. The van der Waals surface area contributed by atoms with E-state index < -0.39 is 0 Å². The normalized spacial score (nSPS) is 16.1. The molecular formula is C18H25N3OS. The molecule has 1 unspecified atom stereocenters. The Morgan fingerprint density at radius 3 is 2.83 bits per heavy atom. The minimum Gasteiger partial charge on any atom is -0.497 e. The minimum absolute atomic E-state index is 0.628. The molecule has 0 spiro atoms. The highest BCUT2D eigenvalue weighted by Crippen LogP contribution is 2.25. The van der Waals surface area contributed by atoms with Crippen molar-refractivity contribution in [1.82, 2.24) is 14.9 Å². The van der Waals surface area contributed by atoms with Crippen LogP contribution in [0.15, 0.2) is 24.3 Å². The molecule has 0 saturated carbocycles. The van der Waals surface area contributed by atoms with Crippen molar-refractivity contribution in [3.63, 3.8) is 0 Å². The number of aromatic nitrogens is 2. The van der Waals surface area contributed by atoms with E-state index >= 15 is 0 Å². The van der Waals surface area contributed by atoms with Crippen LogP contribution in [-0.2, 0) is 13.0 Å². The molecule has 1 aliphatic heterocycles. The van der Waals surface area contributed by atoms with Crippen LogP contribution in [0, 0.1) is 0 Å². The number of ether oxygens (including phenoxy) is 1. The highest BCUT2D eigenvalue weighted by Gasteiger charge is 2.23. The zero-order valence-corrected chi connectivity index (χ0v) is 14.9. The van der Waals surface area contributed by atoms with E-state index in [9.17, 15) is 0 Å². The highest BCUT2D eigenvalue weighted by molar-refractivity contribution is 7.98. The van der Waals surface area contributed by atoms with Crippen LogP contribution in [0.2, 0.25) is 0 Å². The lowest BCUT2D eigenvalue weighted by Crippen LogP contribution is -2.38. The summed E-state index contributed by atoms with van der Waals surface area (Å²) in [6.45, 7) is 4.42. The van der Waals surface area contributed by atoms with Crippen LogP contribution in [-0.4, -0.2) is 46.6 Å². The summed E-state index contributed by atoms with van der Waals surface area (Å²) in [5.74, 6) is 3.07. The first-order valence-electron chi connectivity index (χ1n) is 8.16. The number of thioether (sulfide) groups is 1. The largest absolute Gasteiger partial charge is 0.497 e. The number of benzene rings is 1. The molecule has 1 aromatic carbocycles. The van der Waals surface area contributed by atoms with E-state index in [2.05, 4.69) is 35.2 Å². The number of fused-ring (bicyclic) bond motifs is 1. The van der Waals surface area contributed by atoms with Gasteiger partial charge in [-0.15, -0.1) is 0 Å². The van der Waals surface area contributed by atoms with Gasteiger partial charge in [0.25, 0.3) is 0 Å². The molecule has 1 aliphatic rings. The zero-order chi connectivity index (χ0) is 16.2. The van der Waals surface area contributed by atoms with Gasteiger partial charge < -0.3 is 9.72 Å². The van der Waals surface area contributed by atoms with Gasteiger partial charge in [0.1, 0.15) is 11.6 Å². The second kappa shape index (κ2) is 7.41. The van der Waals surface area contributed by atoms with Crippen molar-refractivity contribution in [3.8, 4) is 17.1 Å². The molecule has 0 amide bonds. The Balaban J connectivity index is 1.73. The third kappa shape index (κ3) is 3.72. The Morgan fingerprint density at radius 1 is 1.35 bits per heavy atom. The van der Waals surface area contributed by atoms with E-state index in [1.807, 2.05) is 23.9 Å². The van der Waals surface area contributed by atoms with Crippen molar-refractivity contribution in [1.29, 1.82) is 0 Å². The summed E-state index contributed by atoms with van der Waals surface area (Å²) < 4.78 is 5.22. The average molecular weight is 331 g/mol. The minimum atomic E-state index is 0.628. The second-order valence-corrected chi connectivity index (χ2v) is 7.08. The predicted molar refractivity (Wildman–Crippen MR) is 97.2 cm³/mol. The van der Waals surface area contributed by atoms with Crippen molar-refractivity contribution >= 4 is 11.8 Å². The van der Waals surface area contributed by atoms with Crippen molar-refractivity contribution in [3.05, 3.63) is 35.7 Å². The van der Waals surface area contributed by atoms with Gasteiger partial charge in [0.2, 0.25) is 0 Å². The lowest BCUT2D eigenvalue weighted by Gasteiger charge is -2.31. The van der Waals surface area contributed by atoms with Gasteiger partial charge in [0.15, 0.2) is 0 Å². The summed E-state index contributed by atoms with van der Waals surface area (Å²) in [5.41, 5.74) is 3.62. The fourth-order valence-electron chi connectivity index (χ4n) is 3.05. The zero-order valence-electron chi connectivity index (χ0n) is 14.1. The number of methoxy groups -OCH3 is 1. The highest BCUT2D eigenvalue weighted by atomic mass is 32.2. The molecule has 0 bridgehead atoms. The topological polar surface area (TPSA) is 41.1 Å². The van der Waals surface area contributed by atoms with Crippen LogP contribution in [0.3, 0.4) is 0 Å². The summed E-state index contributed by atoms with van der Waals surface area (Å²) in [6.07, 6.45) is 4.46. The second-order valence-electron chi connectivity index (χ2n) is 6.09. The van der Waals surface area contributed by atoms with Gasteiger partial charge in [-0.2, -0.15) is 11.8 Å². The molecule has 1 N–H and O–H groups in total. The molecule has 3 rings (SSSR count). The average Bonchev–Trinajstić information content (AvgIpc) is 3.02. The Labute approximate surface area is 142 Å². The summed E-state index contributed by atoms with van der Waals surface area (Å²) in [7, 11) is 1.69. The van der Waals surface area contributed by atoms with E-state index in [1.54, 1.807) is 7.11 Å². The molecule has 1 atom stereocenters. The maximum atomic E-state index is 5.22. The number of hydrogen-bond donors (Lipinski definition) is 1.